The highest BCUT2D eigenvalue weighted by Gasteiger charge is 2.13. The molecule has 100 valence electrons. The first kappa shape index (κ1) is 11.2. The number of rotatable bonds is 2. The predicted molar refractivity (Wildman–Crippen MR) is 74.1 cm³/mol. The molecule has 0 spiro atoms. The van der Waals surface area contributed by atoms with Crippen LogP contribution in [0.1, 0.15) is 10.7 Å². The van der Waals surface area contributed by atoms with Crippen molar-refractivity contribution in [2.24, 2.45) is 0 Å². The Morgan fingerprint density at radius 3 is 2.95 bits per heavy atom. The van der Waals surface area contributed by atoms with Crippen LogP contribution < -0.4 is 11.1 Å². The van der Waals surface area contributed by atoms with E-state index < -0.39 is 0 Å². The molecular weight excluding hydrogens is 280 g/mol. The number of hydrogen-bond acceptors (Lipinski definition) is 5. The number of aromatic nitrogens is 6. The van der Waals surface area contributed by atoms with E-state index in [0.717, 1.165) is 20.8 Å². The molecule has 0 radical (unpaired) electrons. The second kappa shape index (κ2) is 3.90. The summed E-state index contributed by atoms with van der Waals surface area (Å²) in [6.45, 7) is 0. The zero-order chi connectivity index (χ0) is 13.7. The summed E-state index contributed by atoms with van der Waals surface area (Å²) in [6.07, 6.45) is 2.14. The van der Waals surface area contributed by atoms with E-state index in [4.69, 9.17) is 0 Å². The second-order valence-corrected chi connectivity index (χ2v) is 5.44. The monoisotopic (exact) mass is 288 g/mol. The van der Waals surface area contributed by atoms with Crippen LogP contribution in [0.5, 0.6) is 0 Å². The molecule has 20 heavy (non-hydrogen) atoms. The van der Waals surface area contributed by atoms with E-state index >= 15 is 0 Å². The number of thiazole rings is 1. The molecule has 0 aliphatic rings. The third-order valence-electron chi connectivity index (χ3n) is 3.01. The van der Waals surface area contributed by atoms with Gasteiger partial charge in [0.15, 0.2) is 0 Å². The molecule has 0 fully saturated rings. The van der Waals surface area contributed by atoms with Crippen LogP contribution >= 0.6 is 11.3 Å². The third-order valence-corrected chi connectivity index (χ3v) is 4.10. The number of nitrogens with zero attached hydrogens (tertiary/aromatic N) is 2. The summed E-state index contributed by atoms with van der Waals surface area (Å²) in [6, 6.07) is 1.50. The van der Waals surface area contributed by atoms with E-state index in [1.54, 1.807) is 6.20 Å². The quantitative estimate of drug-likeness (QED) is 0.428. The van der Waals surface area contributed by atoms with Gasteiger partial charge in [-0.1, -0.05) is 0 Å². The van der Waals surface area contributed by atoms with Gasteiger partial charge in [0.05, 0.1) is 10.9 Å². The maximum Gasteiger partial charge on any atom is 0.288 e. The Kier molecular flexibility index (Phi) is 2.18. The normalized spacial score (nSPS) is 11.6. The van der Waals surface area contributed by atoms with Crippen molar-refractivity contribution in [3.05, 3.63) is 43.7 Å². The van der Waals surface area contributed by atoms with Crippen LogP contribution in [-0.4, -0.2) is 30.4 Å². The fraction of sp³-hybridized carbons (Fsp3) is 0.0909. The molecular formula is C11H8N6O2S. The Hall–Kier alpha value is -2.68. The number of nitrogens with one attached hydrogen (secondary N) is 4. The smallest absolute Gasteiger partial charge is 0.288 e. The molecule has 0 amide bonds. The van der Waals surface area contributed by atoms with Crippen LogP contribution in [0.25, 0.3) is 21.3 Å². The highest BCUT2D eigenvalue weighted by Crippen LogP contribution is 2.29. The number of hydrogen-bond donors (Lipinski definition) is 4. The van der Waals surface area contributed by atoms with Crippen molar-refractivity contribution in [1.82, 2.24) is 30.4 Å². The summed E-state index contributed by atoms with van der Waals surface area (Å²) >= 11 is 1.48. The summed E-state index contributed by atoms with van der Waals surface area (Å²) in [5.74, 6) is 0. The molecule has 4 heterocycles. The first-order valence-corrected chi connectivity index (χ1v) is 6.64. The van der Waals surface area contributed by atoms with Crippen molar-refractivity contribution in [2.45, 2.75) is 6.42 Å². The minimum Gasteiger partial charge on any atom is -0.334 e. The fourth-order valence-corrected chi connectivity index (χ4v) is 3.21. The molecule has 9 heteroatoms. The lowest BCUT2D eigenvalue weighted by molar-refractivity contribution is 0.977. The molecule has 0 aromatic carbocycles. The van der Waals surface area contributed by atoms with Crippen LogP contribution in [0.4, 0.5) is 0 Å². The first-order chi connectivity index (χ1) is 9.70. The van der Waals surface area contributed by atoms with E-state index in [1.165, 1.54) is 17.4 Å². The molecule has 0 saturated heterocycles. The van der Waals surface area contributed by atoms with E-state index in [0.29, 0.717) is 17.6 Å². The molecule has 0 bridgehead atoms. The van der Waals surface area contributed by atoms with Gasteiger partial charge in [0.2, 0.25) is 0 Å². The summed E-state index contributed by atoms with van der Waals surface area (Å²) in [5, 5.41) is 13.1. The molecule has 0 aliphatic heterocycles. The number of fused-ring (bicyclic) bond motifs is 3. The highest BCUT2D eigenvalue weighted by molar-refractivity contribution is 7.19. The maximum absolute atomic E-state index is 11.6. The molecule has 0 unspecified atom stereocenters. The Morgan fingerprint density at radius 2 is 2.15 bits per heavy atom. The van der Waals surface area contributed by atoms with E-state index in [1.807, 2.05) is 0 Å². The van der Waals surface area contributed by atoms with Gasteiger partial charge in [0.1, 0.15) is 16.2 Å². The summed E-state index contributed by atoms with van der Waals surface area (Å²) in [7, 11) is 0. The molecule has 8 nitrogen and oxygen atoms in total. The van der Waals surface area contributed by atoms with Crippen LogP contribution in [0.15, 0.2) is 21.9 Å². The van der Waals surface area contributed by atoms with Gasteiger partial charge in [-0.25, -0.2) is 10.1 Å². The van der Waals surface area contributed by atoms with Gasteiger partial charge in [-0.15, -0.1) is 11.3 Å². The van der Waals surface area contributed by atoms with Crippen molar-refractivity contribution in [3.8, 4) is 0 Å². The predicted octanol–water partition coefficient (Wildman–Crippen LogP) is 0.468. The highest BCUT2D eigenvalue weighted by atomic mass is 32.1. The molecule has 4 aromatic heterocycles. The molecule has 4 rings (SSSR count). The summed E-state index contributed by atoms with van der Waals surface area (Å²) in [5.41, 5.74) is 1.49. The van der Waals surface area contributed by atoms with Gasteiger partial charge in [0, 0.05) is 23.6 Å². The van der Waals surface area contributed by atoms with Crippen LogP contribution in [0.3, 0.4) is 0 Å². The van der Waals surface area contributed by atoms with Crippen LogP contribution in [-0.2, 0) is 6.42 Å². The van der Waals surface area contributed by atoms with Gasteiger partial charge >= 0.3 is 0 Å². The Labute approximate surface area is 113 Å². The first-order valence-electron chi connectivity index (χ1n) is 5.82. The third kappa shape index (κ3) is 1.60. The number of H-pyrrole nitrogens is 4. The molecule has 4 aromatic rings. The fourth-order valence-electron chi connectivity index (χ4n) is 2.15. The van der Waals surface area contributed by atoms with Crippen molar-refractivity contribution < 1.29 is 0 Å². The van der Waals surface area contributed by atoms with Gasteiger partial charge < -0.3 is 10.1 Å². The lowest BCUT2D eigenvalue weighted by Crippen LogP contribution is -2.06. The summed E-state index contributed by atoms with van der Waals surface area (Å²) in [4.78, 5) is 30.1. The van der Waals surface area contributed by atoms with Crippen molar-refractivity contribution in [3.63, 3.8) is 0 Å². The SMILES string of the molecule is O=c1cc(Cc2nc3[nH]c4c(=O)[nH]ncc4c3s2)[nH][nH]1. The van der Waals surface area contributed by atoms with Gasteiger partial charge in [-0.3, -0.25) is 14.7 Å². The minimum absolute atomic E-state index is 0.164. The largest absolute Gasteiger partial charge is 0.334 e. The minimum atomic E-state index is -0.260. The molecule has 0 saturated carbocycles. The van der Waals surface area contributed by atoms with E-state index in [2.05, 4.69) is 30.4 Å². The van der Waals surface area contributed by atoms with Crippen LogP contribution in [0.2, 0.25) is 0 Å². The van der Waals surface area contributed by atoms with Gasteiger partial charge in [-0.2, -0.15) is 5.10 Å². The lowest BCUT2D eigenvalue weighted by Gasteiger charge is -1.91. The molecule has 0 aliphatic carbocycles. The standard InChI is InChI=1S/C11H8N6O2S/c18-6-1-4(15-16-6)2-7-13-10-9(20-7)5-3-12-17-11(19)8(5)14-10/h1,3,14H,2H2,(H,17,19)(H2,15,16,18). The van der Waals surface area contributed by atoms with E-state index in [-0.39, 0.29) is 11.1 Å². The van der Waals surface area contributed by atoms with Crippen molar-refractivity contribution >= 4 is 32.6 Å². The zero-order valence-corrected chi connectivity index (χ0v) is 10.8. The van der Waals surface area contributed by atoms with Crippen molar-refractivity contribution in [2.75, 3.05) is 0 Å². The van der Waals surface area contributed by atoms with Crippen molar-refractivity contribution in [1.29, 1.82) is 0 Å². The van der Waals surface area contributed by atoms with Crippen LogP contribution in [0, 0.1) is 0 Å². The van der Waals surface area contributed by atoms with Gasteiger partial charge in [-0.05, 0) is 0 Å². The average Bonchev–Trinajstić information content (AvgIpc) is 3.06. The Bertz CT molecular complexity index is 1030. The zero-order valence-electron chi connectivity index (χ0n) is 9.98. The topological polar surface area (TPSA) is 123 Å². The summed E-state index contributed by atoms with van der Waals surface area (Å²) < 4.78 is 0.895. The maximum atomic E-state index is 11.6. The number of aromatic amines is 4. The van der Waals surface area contributed by atoms with E-state index in [9.17, 15) is 9.59 Å². The Morgan fingerprint density at radius 1 is 1.25 bits per heavy atom. The second-order valence-electron chi connectivity index (χ2n) is 4.36. The average molecular weight is 288 g/mol. The molecule has 0 atom stereocenters. The van der Waals surface area contributed by atoms with Gasteiger partial charge in [0.25, 0.3) is 11.1 Å². The molecule has 4 N–H and O–H groups in total. The Balaban J connectivity index is 1.85. The lowest BCUT2D eigenvalue weighted by atomic mass is 10.3.